The smallest absolute Gasteiger partial charge is 0.308 e. The van der Waals surface area contributed by atoms with E-state index in [0.29, 0.717) is 24.3 Å². The first-order valence-electron chi connectivity index (χ1n) is 9.82. The van der Waals surface area contributed by atoms with E-state index in [1.807, 2.05) is 36.4 Å². The Morgan fingerprint density at radius 1 is 1.13 bits per heavy atom. The van der Waals surface area contributed by atoms with Crippen molar-refractivity contribution in [2.24, 2.45) is 11.8 Å². The van der Waals surface area contributed by atoms with E-state index in [1.54, 1.807) is 13.2 Å². The van der Waals surface area contributed by atoms with E-state index in [4.69, 9.17) is 14.0 Å². The fraction of sp³-hybridized carbons (Fsp3) is 0.364. The molecule has 1 saturated heterocycles. The van der Waals surface area contributed by atoms with Crippen LogP contribution in [-0.2, 0) is 25.7 Å². The minimum Gasteiger partial charge on any atom is -0.497 e. The lowest BCUT2D eigenvalue weighted by atomic mass is 9.85. The van der Waals surface area contributed by atoms with E-state index < -0.39 is 5.97 Å². The number of carbonyl (C=O) groups excluding carboxylic acids is 3. The third kappa shape index (κ3) is 3.98. The zero-order valence-electron chi connectivity index (χ0n) is 16.6. The van der Waals surface area contributed by atoms with Gasteiger partial charge in [0.2, 0.25) is 11.8 Å². The van der Waals surface area contributed by atoms with E-state index in [9.17, 15) is 14.4 Å². The molecular weight excluding hydrogens is 388 g/mol. The van der Waals surface area contributed by atoms with Crippen molar-refractivity contribution in [2.45, 2.75) is 25.9 Å². The molecule has 1 aliphatic carbocycles. The topological polar surface area (TPSA) is 98.9 Å². The number of amides is 2. The summed E-state index contributed by atoms with van der Waals surface area (Å²) >= 11 is 0. The number of benzene rings is 1. The molecule has 30 heavy (non-hydrogen) atoms. The lowest BCUT2D eigenvalue weighted by Gasteiger charge is -2.14. The third-order valence-electron chi connectivity index (χ3n) is 5.46. The Hall–Kier alpha value is -3.42. The number of ether oxygens (including phenoxy) is 2. The molecule has 2 aliphatic rings. The lowest BCUT2D eigenvalue weighted by molar-refractivity contribution is -0.147. The van der Waals surface area contributed by atoms with Gasteiger partial charge in [0.1, 0.15) is 11.4 Å². The van der Waals surface area contributed by atoms with E-state index in [-0.39, 0.29) is 43.2 Å². The number of esters is 1. The number of nitrogens with zero attached hydrogens (tertiary/aromatic N) is 2. The highest BCUT2D eigenvalue weighted by Crippen LogP contribution is 2.35. The number of likely N-dealkylation sites (tertiary alicyclic amines) is 1. The molecule has 2 unspecified atom stereocenters. The molecule has 4 rings (SSSR count). The van der Waals surface area contributed by atoms with Gasteiger partial charge in [-0.2, -0.15) is 0 Å². The molecule has 0 saturated carbocycles. The molecule has 2 heterocycles. The molecular formula is C22H22N2O6. The van der Waals surface area contributed by atoms with Gasteiger partial charge >= 0.3 is 5.97 Å². The van der Waals surface area contributed by atoms with Crippen molar-refractivity contribution < 1.29 is 28.4 Å². The molecule has 2 amide bonds. The number of imide groups is 1. The van der Waals surface area contributed by atoms with E-state index >= 15 is 0 Å². The van der Waals surface area contributed by atoms with Crippen molar-refractivity contribution in [3.63, 3.8) is 0 Å². The predicted octanol–water partition coefficient (Wildman–Crippen LogP) is 2.73. The van der Waals surface area contributed by atoms with Gasteiger partial charge in [0.15, 0.2) is 12.4 Å². The second kappa shape index (κ2) is 8.52. The Balaban J connectivity index is 1.27. The Morgan fingerprint density at radius 3 is 2.43 bits per heavy atom. The first-order chi connectivity index (χ1) is 14.6. The van der Waals surface area contributed by atoms with Gasteiger partial charge in [-0.15, -0.1) is 0 Å². The minimum absolute atomic E-state index is 0.0387. The number of aromatic nitrogens is 1. The van der Waals surface area contributed by atoms with Crippen LogP contribution in [0.25, 0.3) is 11.3 Å². The van der Waals surface area contributed by atoms with Gasteiger partial charge in [0.05, 0.1) is 25.4 Å². The van der Waals surface area contributed by atoms with E-state index in [1.165, 1.54) is 4.90 Å². The van der Waals surface area contributed by atoms with Crippen LogP contribution in [0.1, 0.15) is 25.0 Å². The van der Waals surface area contributed by atoms with Crippen molar-refractivity contribution >= 4 is 17.8 Å². The Morgan fingerprint density at radius 2 is 1.80 bits per heavy atom. The summed E-state index contributed by atoms with van der Waals surface area (Å²) in [6.45, 7) is -0.0317. The van der Waals surface area contributed by atoms with Crippen molar-refractivity contribution in [1.82, 2.24) is 10.1 Å². The van der Waals surface area contributed by atoms with Crippen LogP contribution in [0.5, 0.6) is 5.75 Å². The highest BCUT2D eigenvalue weighted by Gasteiger charge is 2.46. The number of fused-ring (bicyclic) bond motifs is 1. The zero-order valence-corrected chi connectivity index (χ0v) is 16.6. The normalized spacial score (nSPS) is 20.4. The molecule has 156 valence electrons. The van der Waals surface area contributed by atoms with Crippen LogP contribution in [0.4, 0.5) is 0 Å². The summed E-state index contributed by atoms with van der Waals surface area (Å²) in [7, 11) is 1.59. The molecule has 0 spiro atoms. The minimum atomic E-state index is -0.508. The van der Waals surface area contributed by atoms with Gasteiger partial charge in [-0.1, -0.05) is 17.3 Å². The summed E-state index contributed by atoms with van der Waals surface area (Å²) in [6.07, 6.45) is 4.98. The average molecular weight is 410 g/mol. The highest BCUT2D eigenvalue weighted by atomic mass is 16.5. The number of hydrogen-bond acceptors (Lipinski definition) is 7. The molecule has 0 bridgehead atoms. The van der Waals surface area contributed by atoms with Crippen molar-refractivity contribution in [3.05, 3.63) is 48.2 Å². The van der Waals surface area contributed by atoms with Gasteiger partial charge in [-0.05, 0) is 37.1 Å². The maximum atomic E-state index is 12.4. The first-order valence-corrected chi connectivity index (χ1v) is 9.82. The second-order valence-electron chi connectivity index (χ2n) is 7.30. The largest absolute Gasteiger partial charge is 0.497 e. The first kappa shape index (κ1) is 19.9. The molecule has 1 fully saturated rings. The highest BCUT2D eigenvalue weighted by molar-refractivity contribution is 6.05. The van der Waals surface area contributed by atoms with Crippen molar-refractivity contribution in [2.75, 3.05) is 13.7 Å². The van der Waals surface area contributed by atoms with Crippen LogP contribution in [0.15, 0.2) is 47.0 Å². The number of allylic oxidation sites excluding steroid dienone is 2. The van der Waals surface area contributed by atoms with Gasteiger partial charge in [-0.3, -0.25) is 19.3 Å². The second-order valence-corrected chi connectivity index (χ2v) is 7.30. The summed E-state index contributed by atoms with van der Waals surface area (Å²) in [4.78, 5) is 38.1. The van der Waals surface area contributed by atoms with E-state index in [2.05, 4.69) is 5.16 Å². The van der Waals surface area contributed by atoms with Gasteiger partial charge in [0, 0.05) is 18.2 Å². The molecule has 0 N–H and O–H groups in total. The molecule has 8 heteroatoms. The SMILES string of the molecule is COc1ccc(-c2cc(COC(=O)CCN3C(=O)C4CC=CCC4C3=O)on2)cc1. The molecule has 2 aromatic rings. The summed E-state index contributed by atoms with van der Waals surface area (Å²) in [5.41, 5.74) is 1.47. The molecule has 2 atom stereocenters. The molecule has 8 nitrogen and oxygen atoms in total. The summed E-state index contributed by atoms with van der Waals surface area (Å²) in [5.74, 6) is -0.330. The average Bonchev–Trinajstić information content (AvgIpc) is 3.35. The Kier molecular flexibility index (Phi) is 5.65. The molecule has 1 aliphatic heterocycles. The molecule has 0 radical (unpaired) electrons. The third-order valence-corrected chi connectivity index (χ3v) is 5.46. The standard InChI is InChI=1S/C22H22N2O6/c1-28-15-8-6-14(7-9-15)19-12-16(30-23-19)13-29-20(25)10-11-24-21(26)17-4-2-3-5-18(17)22(24)27/h2-3,6-9,12,17-18H,4-5,10-11,13H2,1H3. The lowest BCUT2D eigenvalue weighted by Crippen LogP contribution is -2.33. The van der Waals surface area contributed by atoms with Crippen molar-refractivity contribution in [3.8, 4) is 17.0 Å². The van der Waals surface area contributed by atoms with E-state index in [0.717, 1.165) is 11.3 Å². The Bertz CT molecular complexity index is 952. The molecule has 1 aromatic heterocycles. The predicted molar refractivity (Wildman–Crippen MR) is 105 cm³/mol. The van der Waals surface area contributed by atoms with Gasteiger partial charge < -0.3 is 14.0 Å². The molecule has 1 aromatic carbocycles. The van der Waals surface area contributed by atoms with Crippen molar-refractivity contribution in [1.29, 1.82) is 0 Å². The number of hydrogen-bond donors (Lipinski definition) is 0. The van der Waals surface area contributed by atoms with Crippen LogP contribution < -0.4 is 4.74 Å². The van der Waals surface area contributed by atoms with Gasteiger partial charge in [0.25, 0.3) is 0 Å². The number of methoxy groups -OCH3 is 1. The van der Waals surface area contributed by atoms with Crippen LogP contribution >= 0.6 is 0 Å². The number of rotatable bonds is 7. The fourth-order valence-corrected chi connectivity index (χ4v) is 3.80. The fourth-order valence-electron chi connectivity index (χ4n) is 3.80. The monoisotopic (exact) mass is 410 g/mol. The Labute approximate surface area is 173 Å². The van der Waals surface area contributed by atoms with Crippen LogP contribution in [-0.4, -0.2) is 41.5 Å². The maximum absolute atomic E-state index is 12.4. The summed E-state index contributed by atoms with van der Waals surface area (Å²) in [5, 5.41) is 3.98. The van der Waals surface area contributed by atoms with Crippen LogP contribution in [0.3, 0.4) is 0 Å². The summed E-state index contributed by atoms with van der Waals surface area (Å²) in [6, 6.07) is 9.03. The maximum Gasteiger partial charge on any atom is 0.308 e. The van der Waals surface area contributed by atoms with Crippen LogP contribution in [0.2, 0.25) is 0 Å². The number of carbonyl (C=O) groups is 3. The zero-order chi connectivity index (χ0) is 21.1. The summed E-state index contributed by atoms with van der Waals surface area (Å²) < 4.78 is 15.6. The quantitative estimate of drug-likeness (QED) is 0.393. The van der Waals surface area contributed by atoms with Crippen LogP contribution in [0, 0.1) is 11.8 Å². The van der Waals surface area contributed by atoms with Gasteiger partial charge in [-0.25, -0.2) is 0 Å².